The SMILES string of the molecule is C=CC(C=C)=C(/C=C\C)/C=C\C. The van der Waals surface area contributed by atoms with Gasteiger partial charge in [-0.15, -0.1) is 0 Å². The Bertz CT molecular complexity index is 213. The third kappa shape index (κ3) is 3.20. The molecule has 0 bridgehead atoms. The van der Waals surface area contributed by atoms with Crippen LogP contribution < -0.4 is 0 Å². The Hall–Kier alpha value is -1.30. The number of hydrogen-bond acceptors (Lipinski definition) is 0. The first-order valence-electron chi connectivity index (χ1n) is 4.04. The van der Waals surface area contributed by atoms with Crippen molar-refractivity contribution in [2.24, 2.45) is 0 Å². The fourth-order valence-electron chi connectivity index (χ4n) is 0.926. The topological polar surface area (TPSA) is 0 Å². The monoisotopic (exact) mass is 160 g/mol. The smallest absolute Gasteiger partial charge is 0.0191 e. The van der Waals surface area contributed by atoms with Crippen LogP contribution in [0.3, 0.4) is 0 Å². The summed E-state index contributed by atoms with van der Waals surface area (Å²) in [6.45, 7) is 11.4. The molecule has 0 saturated heterocycles. The van der Waals surface area contributed by atoms with Gasteiger partial charge in [-0.3, -0.25) is 0 Å². The van der Waals surface area contributed by atoms with Gasteiger partial charge in [0.1, 0.15) is 0 Å². The molecule has 0 unspecified atom stereocenters. The Kier molecular flexibility index (Phi) is 5.72. The maximum Gasteiger partial charge on any atom is -0.0191 e. The molecule has 0 aliphatic rings. The second kappa shape index (κ2) is 6.41. The van der Waals surface area contributed by atoms with Crippen LogP contribution in [0, 0.1) is 0 Å². The molecule has 12 heavy (non-hydrogen) atoms. The van der Waals surface area contributed by atoms with Gasteiger partial charge in [0.25, 0.3) is 0 Å². The first kappa shape index (κ1) is 10.7. The highest BCUT2D eigenvalue weighted by atomic mass is 14.0. The van der Waals surface area contributed by atoms with Crippen molar-refractivity contribution >= 4 is 0 Å². The first-order valence-corrected chi connectivity index (χ1v) is 4.04. The molecular formula is C12H16. The van der Waals surface area contributed by atoms with Crippen LogP contribution in [0.2, 0.25) is 0 Å². The largest absolute Gasteiger partial charge is 0.0984 e. The highest BCUT2D eigenvalue weighted by molar-refractivity contribution is 5.45. The summed E-state index contributed by atoms with van der Waals surface area (Å²) in [6, 6.07) is 0. The van der Waals surface area contributed by atoms with Crippen molar-refractivity contribution in [1.29, 1.82) is 0 Å². The van der Waals surface area contributed by atoms with Gasteiger partial charge in [-0.25, -0.2) is 0 Å². The molecule has 0 amide bonds. The molecule has 0 radical (unpaired) electrons. The molecule has 0 aromatic heterocycles. The lowest BCUT2D eigenvalue weighted by atomic mass is 10.1. The minimum absolute atomic E-state index is 1.06. The van der Waals surface area contributed by atoms with Crippen molar-refractivity contribution in [3.05, 3.63) is 60.8 Å². The minimum Gasteiger partial charge on any atom is -0.0984 e. The Morgan fingerprint density at radius 3 is 1.50 bits per heavy atom. The Morgan fingerprint density at radius 2 is 1.25 bits per heavy atom. The number of allylic oxidation sites excluding steroid dienone is 8. The van der Waals surface area contributed by atoms with E-state index in [0.29, 0.717) is 0 Å². The van der Waals surface area contributed by atoms with Crippen LogP contribution in [-0.2, 0) is 0 Å². The average Bonchev–Trinajstić information content (AvgIpc) is 2.07. The van der Waals surface area contributed by atoms with Gasteiger partial charge < -0.3 is 0 Å². The normalized spacial score (nSPS) is 10.5. The molecule has 64 valence electrons. The molecule has 0 spiro atoms. The third-order valence-corrected chi connectivity index (χ3v) is 1.47. The van der Waals surface area contributed by atoms with E-state index in [-0.39, 0.29) is 0 Å². The third-order valence-electron chi connectivity index (χ3n) is 1.47. The van der Waals surface area contributed by atoms with Gasteiger partial charge in [-0.1, -0.05) is 49.6 Å². The second-order valence-electron chi connectivity index (χ2n) is 2.32. The maximum absolute atomic E-state index is 3.72. The van der Waals surface area contributed by atoms with Crippen LogP contribution in [0.25, 0.3) is 0 Å². The zero-order valence-corrected chi connectivity index (χ0v) is 7.88. The van der Waals surface area contributed by atoms with E-state index in [1.54, 1.807) is 0 Å². The molecule has 0 fully saturated rings. The van der Waals surface area contributed by atoms with E-state index >= 15 is 0 Å². The summed E-state index contributed by atoms with van der Waals surface area (Å²) in [5, 5.41) is 0. The summed E-state index contributed by atoms with van der Waals surface area (Å²) in [4.78, 5) is 0. The molecule has 0 rings (SSSR count). The summed E-state index contributed by atoms with van der Waals surface area (Å²) in [7, 11) is 0. The van der Waals surface area contributed by atoms with Gasteiger partial charge >= 0.3 is 0 Å². The van der Waals surface area contributed by atoms with Gasteiger partial charge in [0.15, 0.2) is 0 Å². The quantitative estimate of drug-likeness (QED) is 0.549. The summed E-state index contributed by atoms with van der Waals surface area (Å²) in [6.07, 6.45) is 11.7. The standard InChI is InChI=1S/C12H16/c1-5-9-12(10-6-2)11(7-3)8-4/h5-10H,3-4H2,1-2H3/b9-5-,10-6-. The van der Waals surface area contributed by atoms with Crippen LogP contribution in [0.4, 0.5) is 0 Å². The zero-order valence-electron chi connectivity index (χ0n) is 7.88. The van der Waals surface area contributed by atoms with E-state index in [2.05, 4.69) is 13.2 Å². The number of hydrogen-bond donors (Lipinski definition) is 0. The van der Waals surface area contributed by atoms with E-state index in [1.807, 2.05) is 50.3 Å². The van der Waals surface area contributed by atoms with Crippen LogP contribution in [0.1, 0.15) is 13.8 Å². The van der Waals surface area contributed by atoms with E-state index < -0.39 is 0 Å². The molecule has 0 aromatic carbocycles. The molecule has 0 aromatic rings. The van der Waals surface area contributed by atoms with Gasteiger partial charge in [0, 0.05) is 0 Å². The zero-order chi connectivity index (χ0) is 9.40. The number of rotatable bonds is 4. The van der Waals surface area contributed by atoms with E-state index in [0.717, 1.165) is 11.1 Å². The van der Waals surface area contributed by atoms with Crippen molar-refractivity contribution < 1.29 is 0 Å². The molecular weight excluding hydrogens is 144 g/mol. The van der Waals surface area contributed by atoms with Gasteiger partial charge in [-0.05, 0) is 25.0 Å². The van der Waals surface area contributed by atoms with Crippen LogP contribution >= 0.6 is 0 Å². The lowest BCUT2D eigenvalue weighted by Gasteiger charge is -1.98. The minimum atomic E-state index is 1.06. The molecule has 0 N–H and O–H groups in total. The van der Waals surface area contributed by atoms with Crippen molar-refractivity contribution in [2.45, 2.75) is 13.8 Å². The maximum atomic E-state index is 3.72. The van der Waals surface area contributed by atoms with Gasteiger partial charge in [0.2, 0.25) is 0 Å². The first-order chi connectivity index (χ1) is 5.79. The summed E-state index contributed by atoms with van der Waals surface area (Å²) in [5.74, 6) is 0. The Balaban J connectivity index is 5.00. The lowest BCUT2D eigenvalue weighted by Crippen LogP contribution is -1.78. The van der Waals surface area contributed by atoms with Crippen LogP contribution in [-0.4, -0.2) is 0 Å². The summed E-state index contributed by atoms with van der Waals surface area (Å²) >= 11 is 0. The molecule has 0 saturated carbocycles. The van der Waals surface area contributed by atoms with E-state index in [9.17, 15) is 0 Å². The van der Waals surface area contributed by atoms with E-state index in [1.165, 1.54) is 0 Å². The summed E-state index contributed by atoms with van der Waals surface area (Å²) in [5.41, 5.74) is 2.20. The molecule has 0 nitrogen and oxygen atoms in total. The van der Waals surface area contributed by atoms with Crippen molar-refractivity contribution in [3.63, 3.8) is 0 Å². The lowest BCUT2D eigenvalue weighted by molar-refractivity contribution is 1.53. The molecule has 0 heteroatoms. The molecule has 0 atom stereocenters. The predicted molar refractivity (Wildman–Crippen MR) is 57.0 cm³/mol. The Labute approximate surface area is 75.3 Å². The van der Waals surface area contributed by atoms with Gasteiger partial charge in [0.05, 0.1) is 0 Å². The van der Waals surface area contributed by atoms with Gasteiger partial charge in [-0.2, -0.15) is 0 Å². The summed E-state index contributed by atoms with van der Waals surface area (Å²) < 4.78 is 0. The molecule has 0 aliphatic heterocycles. The molecule has 0 heterocycles. The van der Waals surface area contributed by atoms with Crippen molar-refractivity contribution in [3.8, 4) is 0 Å². The average molecular weight is 160 g/mol. The highest BCUT2D eigenvalue weighted by Gasteiger charge is 1.90. The molecule has 0 aliphatic carbocycles. The van der Waals surface area contributed by atoms with Crippen molar-refractivity contribution in [2.75, 3.05) is 0 Å². The fourth-order valence-corrected chi connectivity index (χ4v) is 0.926. The predicted octanol–water partition coefficient (Wildman–Crippen LogP) is 3.81. The fraction of sp³-hybridized carbons (Fsp3) is 0.167. The second-order valence-corrected chi connectivity index (χ2v) is 2.32. The van der Waals surface area contributed by atoms with Crippen molar-refractivity contribution in [1.82, 2.24) is 0 Å². The van der Waals surface area contributed by atoms with Crippen LogP contribution in [0.5, 0.6) is 0 Å². The van der Waals surface area contributed by atoms with Crippen LogP contribution in [0.15, 0.2) is 60.8 Å². The Morgan fingerprint density at radius 1 is 0.833 bits per heavy atom. The van der Waals surface area contributed by atoms with E-state index in [4.69, 9.17) is 0 Å². The highest BCUT2D eigenvalue weighted by Crippen LogP contribution is 2.10.